The molecule has 0 amide bonds. The Morgan fingerprint density at radius 3 is 2.44 bits per heavy atom. The van der Waals surface area contributed by atoms with Crippen LogP contribution in [0.15, 0.2) is 16.8 Å². The highest BCUT2D eigenvalue weighted by Gasteiger charge is 2.06. The van der Waals surface area contributed by atoms with Gasteiger partial charge in [-0.25, -0.2) is 8.78 Å². The van der Waals surface area contributed by atoms with Crippen LogP contribution in [-0.4, -0.2) is 13.1 Å². The number of alkyl halides is 2. The van der Waals surface area contributed by atoms with Crippen molar-refractivity contribution in [1.29, 1.82) is 0 Å². The van der Waals surface area contributed by atoms with E-state index in [4.69, 9.17) is 0 Å². The predicted molar refractivity (Wildman–Crippen MR) is 33.9 cm³/mol. The molecule has 0 aromatic heterocycles. The standard InChI is InChI=1S/C6H9F2N/c1-3-5(4-9-2)6(7)8/h4,6H,2-3H2,1H3/b5-4+. The highest BCUT2D eigenvalue weighted by atomic mass is 19.3. The summed E-state index contributed by atoms with van der Waals surface area (Å²) in [6.45, 7) is 4.73. The van der Waals surface area contributed by atoms with E-state index >= 15 is 0 Å². The molecule has 52 valence electrons. The average Bonchev–Trinajstić information content (AvgIpc) is 1.82. The molecule has 0 saturated carbocycles. The summed E-state index contributed by atoms with van der Waals surface area (Å²) < 4.78 is 23.5. The van der Waals surface area contributed by atoms with E-state index in [1.807, 2.05) is 0 Å². The first-order valence-electron chi connectivity index (χ1n) is 2.65. The molecule has 0 radical (unpaired) electrons. The van der Waals surface area contributed by atoms with Crippen LogP contribution in [0.25, 0.3) is 0 Å². The average molecular weight is 133 g/mol. The van der Waals surface area contributed by atoms with Gasteiger partial charge in [-0.05, 0) is 13.1 Å². The molecule has 1 nitrogen and oxygen atoms in total. The molecule has 9 heavy (non-hydrogen) atoms. The van der Waals surface area contributed by atoms with E-state index in [0.717, 1.165) is 6.20 Å². The third-order valence-electron chi connectivity index (χ3n) is 0.946. The molecule has 0 aliphatic carbocycles. The molecule has 0 saturated heterocycles. The van der Waals surface area contributed by atoms with E-state index in [2.05, 4.69) is 11.7 Å². The zero-order chi connectivity index (χ0) is 7.28. The van der Waals surface area contributed by atoms with Crippen molar-refractivity contribution >= 4 is 6.72 Å². The van der Waals surface area contributed by atoms with Gasteiger partial charge in [0.05, 0.1) is 0 Å². The van der Waals surface area contributed by atoms with E-state index < -0.39 is 6.43 Å². The summed E-state index contributed by atoms with van der Waals surface area (Å²) in [7, 11) is 0. The zero-order valence-corrected chi connectivity index (χ0v) is 5.27. The summed E-state index contributed by atoms with van der Waals surface area (Å²) in [6.07, 6.45) is -0.957. The first kappa shape index (κ1) is 8.27. The van der Waals surface area contributed by atoms with Gasteiger partial charge < -0.3 is 0 Å². The smallest absolute Gasteiger partial charge is 0.261 e. The molecule has 0 unspecified atom stereocenters. The molecule has 0 aliphatic heterocycles. The van der Waals surface area contributed by atoms with Crippen molar-refractivity contribution in [2.75, 3.05) is 0 Å². The van der Waals surface area contributed by atoms with Crippen LogP contribution in [0.4, 0.5) is 8.78 Å². The number of nitrogens with zero attached hydrogens (tertiary/aromatic N) is 1. The number of halogens is 2. The summed E-state index contributed by atoms with van der Waals surface area (Å²) in [5.74, 6) is 0. The van der Waals surface area contributed by atoms with Gasteiger partial charge in [0.1, 0.15) is 0 Å². The Balaban J connectivity index is 3.96. The molecule has 0 aliphatic rings. The van der Waals surface area contributed by atoms with Crippen molar-refractivity contribution in [1.82, 2.24) is 0 Å². The molecular weight excluding hydrogens is 124 g/mol. The minimum absolute atomic E-state index is 0.0324. The van der Waals surface area contributed by atoms with Gasteiger partial charge in [0.25, 0.3) is 6.43 Å². The van der Waals surface area contributed by atoms with Crippen molar-refractivity contribution < 1.29 is 8.78 Å². The van der Waals surface area contributed by atoms with Crippen molar-refractivity contribution in [3.8, 4) is 0 Å². The fourth-order valence-electron chi connectivity index (χ4n) is 0.419. The van der Waals surface area contributed by atoms with Gasteiger partial charge in [0, 0.05) is 11.8 Å². The lowest BCUT2D eigenvalue weighted by atomic mass is 10.2. The number of allylic oxidation sites excluding steroid dienone is 1. The van der Waals surface area contributed by atoms with Gasteiger partial charge in [-0.1, -0.05) is 6.92 Å². The fourth-order valence-corrected chi connectivity index (χ4v) is 0.419. The molecule has 0 aromatic carbocycles. The molecule has 3 heteroatoms. The van der Waals surface area contributed by atoms with Crippen molar-refractivity contribution in [2.24, 2.45) is 4.99 Å². The van der Waals surface area contributed by atoms with E-state index in [9.17, 15) is 8.78 Å². The van der Waals surface area contributed by atoms with Gasteiger partial charge in [0.15, 0.2) is 0 Å². The van der Waals surface area contributed by atoms with Gasteiger partial charge in [-0.2, -0.15) is 0 Å². The minimum Gasteiger partial charge on any atom is -0.272 e. The molecule has 0 heterocycles. The summed E-state index contributed by atoms with van der Waals surface area (Å²) in [5, 5.41) is 0. The second-order valence-corrected chi connectivity index (χ2v) is 1.54. The first-order chi connectivity index (χ1) is 4.22. The summed E-state index contributed by atoms with van der Waals surface area (Å²) in [5.41, 5.74) is 0.0324. The molecule has 0 fully saturated rings. The Kier molecular flexibility index (Phi) is 3.84. The van der Waals surface area contributed by atoms with Crippen LogP contribution in [0.5, 0.6) is 0 Å². The summed E-state index contributed by atoms with van der Waals surface area (Å²) in [6, 6.07) is 0. The highest BCUT2D eigenvalue weighted by molar-refractivity contribution is 5.26. The first-order valence-corrected chi connectivity index (χ1v) is 2.65. The van der Waals surface area contributed by atoms with Crippen molar-refractivity contribution in [3.63, 3.8) is 0 Å². The number of hydrogen-bond donors (Lipinski definition) is 0. The monoisotopic (exact) mass is 133 g/mol. The van der Waals surface area contributed by atoms with Crippen LogP contribution >= 0.6 is 0 Å². The molecular formula is C6H9F2N. The summed E-state index contributed by atoms with van der Waals surface area (Å²) in [4.78, 5) is 3.24. The van der Waals surface area contributed by atoms with E-state index in [1.165, 1.54) is 0 Å². The number of hydrogen-bond acceptors (Lipinski definition) is 1. The molecule has 0 bridgehead atoms. The number of rotatable bonds is 3. The van der Waals surface area contributed by atoms with Crippen LogP contribution < -0.4 is 0 Å². The molecule has 0 atom stereocenters. The molecule has 0 spiro atoms. The van der Waals surface area contributed by atoms with Crippen LogP contribution in [0.3, 0.4) is 0 Å². The van der Waals surface area contributed by atoms with E-state index in [1.54, 1.807) is 6.92 Å². The Hall–Kier alpha value is -0.730. The normalized spacial score (nSPS) is 12.2. The van der Waals surface area contributed by atoms with Crippen molar-refractivity contribution in [2.45, 2.75) is 19.8 Å². The largest absolute Gasteiger partial charge is 0.272 e. The lowest BCUT2D eigenvalue weighted by Crippen LogP contribution is -1.93. The van der Waals surface area contributed by atoms with E-state index in [-0.39, 0.29) is 5.57 Å². The fraction of sp³-hybridized carbons (Fsp3) is 0.500. The van der Waals surface area contributed by atoms with Gasteiger partial charge in [-0.3, -0.25) is 4.99 Å². The topological polar surface area (TPSA) is 12.4 Å². The second-order valence-electron chi connectivity index (χ2n) is 1.54. The molecule has 0 rings (SSSR count). The van der Waals surface area contributed by atoms with Crippen LogP contribution in [0, 0.1) is 0 Å². The minimum atomic E-state index is -2.39. The van der Waals surface area contributed by atoms with E-state index in [0.29, 0.717) is 6.42 Å². The number of aliphatic imine (C=N–C) groups is 1. The Bertz CT molecular complexity index is 118. The van der Waals surface area contributed by atoms with Gasteiger partial charge in [0.2, 0.25) is 0 Å². The molecule has 0 N–H and O–H groups in total. The Morgan fingerprint density at radius 2 is 2.33 bits per heavy atom. The maximum absolute atomic E-state index is 11.7. The quantitative estimate of drug-likeness (QED) is 0.523. The van der Waals surface area contributed by atoms with Crippen LogP contribution in [0.2, 0.25) is 0 Å². The second kappa shape index (κ2) is 4.18. The lowest BCUT2D eigenvalue weighted by molar-refractivity contribution is 0.185. The maximum Gasteiger partial charge on any atom is 0.261 e. The van der Waals surface area contributed by atoms with Gasteiger partial charge in [-0.15, -0.1) is 0 Å². The maximum atomic E-state index is 11.7. The van der Waals surface area contributed by atoms with Crippen LogP contribution in [-0.2, 0) is 0 Å². The van der Waals surface area contributed by atoms with Crippen LogP contribution in [0.1, 0.15) is 13.3 Å². The van der Waals surface area contributed by atoms with Crippen molar-refractivity contribution in [3.05, 3.63) is 11.8 Å². The highest BCUT2D eigenvalue weighted by Crippen LogP contribution is 2.11. The zero-order valence-electron chi connectivity index (χ0n) is 5.27. The third kappa shape index (κ3) is 2.95. The Morgan fingerprint density at radius 1 is 1.78 bits per heavy atom. The SMILES string of the molecule is C=N/C=C(\CC)C(F)F. The third-order valence-corrected chi connectivity index (χ3v) is 0.946. The lowest BCUT2D eigenvalue weighted by Gasteiger charge is -1.97. The predicted octanol–water partition coefficient (Wildman–Crippen LogP) is 2.25. The molecule has 0 aromatic rings. The van der Waals surface area contributed by atoms with Gasteiger partial charge >= 0.3 is 0 Å². The Labute approximate surface area is 53.1 Å². The summed E-state index contributed by atoms with van der Waals surface area (Å²) >= 11 is 0.